The Bertz CT molecular complexity index is 669. The van der Waals surface area contributed by atoms with Gasteiger partial charge in [0.1, 0.15) is 5.82 Å². The summed E-state index contributed by atoms with van der Waals surface area (Å²) in [5.74, 6) is -1.01. The molecule has 0 aromatic heterocycles. The van der Waals surface area contributed by atoms with Crippen molar-refractivity contribution in [3.63, 3.8) is 0 Å². The molecule has 0 unspecified atom stereocenters. The first-order valence-corrected chi connectivity index (χ1v) is 7.57. The van der Waals surface area contributed by atoms with Gasteiger partial charge < -0.3 is 5.73 Å². The molecule has 0 saturated heterocycles. The first-order valence-electron chi connectivity index (χ1n) is 5.74. The molecule has 0 aliphatic rings. The first-order chi connectivity index (χ1) is 8.96. The molecule has 19 heavy (non-hydrogen) atoms. The third-order valence-corrected chi connectivity index (χ3v) is 4.21. The molecule has 0 heterocycles. The van der Waals surface area contributed by atoms with Crippen molar-refractivity contribution >= 4 is 15.5 Å². The number of benzene rings is 2. The number of anilines is 1. The third kappa shape index (κ3) is 3.79. The van der Waals surface area contributed by atoms with E-state index in [1.165, 1.54) is 12.1 Å². The van der Waals surface area contributed by atoms with Crippen LogP contribution in [0.3, 0.4) is 0 Å². The SMILES string of the molecule is Nc1ccc(CS(=O)(=O)Cc2ccccc2)c(F)c1. The minimum Gasteiger partial charge on any atom is -0.399 e. The van der Waals surface area contributed by atoms with Crippen LogP contribution >= 0.6 is 0 Å². The molecule has 2 aromatic carbocycles. The highest BCUT2D eigenvalue weighted by atomic mass is 32.2. The van der Waals surface area contributed by atoms with Gasteiger partial charge in [0, 0.05) is 11.3 Å². The van der Waals surface area contributed by atoms with Crippen molar-refractivity contribution in [3.8, 4) is 0 Å². The van der Waals surface area contributed by atoms with Crippen LogP contribution in [0.15, 0.2) is 48.5 Å². The van der Waals surface area contributed by atoms with E-state index in [0.29, 0.717) is 5.56 Å². The lowest BCUT2D eigenvalue weighted by Gasteiger charge is -2.06. The molecule has 0 atom stereocenters. The van der Waals surface area contributed by atoms with Gasteiger partial charge in [-0.25, -0.2) is 12.8 Å². The Morgan fingerprint density at radius 3 is 2.32 bits per heavy atom. The molecule has 3 nitrogen and oxygen atoms in total. The maximum absolute atomic E-state index is 13.6. The number of halogens is 1. The predicted molar refractivity (Wildman–Crippen MR) is 73.6 cm³/mol. The van der Waals surface area contributed by atoms with Crippen LogP contribution in [0.25, 0.3) is 0 Å². The lowest BCUT2D eigenvalue weighted by atomic mass is 10.2. The highest BCUT2D eigenvalue weighted by Crippen LogP contribution is 2.17. The number of rotatable bonds is 4. The Morgan fingerprint density at radius 1 is 1.00 bits per heavy atom. The van der Waals surface area contributed by atoms with Crippen LogP contribution in [0.5, 0.6) is 0 Å². The molecular weight excluding hydrogens is 265 g/mol. The summed E-state index contributed by atoms with van der Waals surface area (Å²) in [5, 5.41) is 0. The zero-order chi connectivity index (χ0) is 13.9. The summed E-state index contributed by atoms with van der Waals surface area (Å²) in [5.41, 5.74) is 6.54. The summed E-state index contributed by atoms with van der Waals surface area (Å²) in [6, 6.07) is 12.9. The summed E-state index contributed by atoms with van der Waals surface area (Å²) in [7, 11) is -3.40. The van der Waals surface area contributed by atoms with Gasteiger partial charge in [-0.05, 0) is 17.7 Å². The Balaban J connectivity index is 2.17. The molecule has 0 amide bonds. The number of nitrogen functional groups attached to an aromatic ring is 1. The fourth-order valence-electron chi connectivity index (χ4n) is 1.80. The number of hydrogen-bond acceptors (Lipinski definition) is 3. The van der Waals surface area contributed by atoms with E-state index < -0.39 is 15.7 Å². The second-order valence-corrected chi connectivity index (χ2v) is 6.43. The van der Waals surface area contributed by atoms with Crippen LogP contribution in [0.1, 0.15) is 11.1 Å². The zero-order valence-corrected chi connectivity index (χ0v) is 11.0. The van der Waals surface area contributed by atoms with Gasteiger partial charge in [-0.15, -0.1) is 0 Å². The van der Waals surface area contributed by atoms with Crippen molar-refractivity contribution in [2.75, 3.05) is 5.73 Å². The molecule has 0 radical (unpaired) electrons. The molecule has 100 valence electrons. The van der Waals surface area contributed by atoms with Crippen LogP contribution in [0, 0.1) is 5.82 Å². The second kappa shape index (κ2) is 5.40. The largest absolute Gasteiger partial charge is 0.399 e. The van der Waals surface area contributed by atoms with Crippen LogP contribution in [-0.4, -0.2) is 8.42 Å². The van der Waals surface area contributed by atoms with E-state index in [-0.39, 0.29) is 22.8 Å². The standard InChI is InChI=1S/C14H14FNO2S/c15-14-8-13(16)7-6-12(14)10-19(17,18)9-11-4-2-1-3-5-11/h1-8H,9-10,16H2. The second-order valence-electron chi connectivity index (χ2n) is 4.37. The fourth-order valence-corrected chi connectivity index (χ4v) is 3.31. The fraction of sp³-hybridized carbons (Fsp3) is 0.143. The molecule has 5 heteroatoms. The molecule has 0 saturated carbocycles. The van der Waals surface area contributed by atoms with E-state index in [1.807, 2.05) is 6.07 Å². The van der Waals surface area contributed by atoms with Crippen molar-refractivity contribution in [1.82, 2.24) is 0 Å². The topological polar surface area (TPSA) is 60.2 Å². The Hall–Kier alpha value is -1.88. The van der Waals surface area contributed by atoms with Gasteiger partial charge in [-0.2, -0.15) is 0 Å². The van der Waals surface area contributed by atoms with E-state index in [9.17, 15) is 12.8 Å². The Labute approximate surface area is 111 Å². The molecule has 2 N–H and O–H groups in total. The Kier molecular flexibility index (Phi) is 3.85. The molecule has 0 aliphatic carbocycles. The van der Waals surface area contributed by atoms with Gasteiger partial charge in [0.25, 0.3) is 0 Å². The molecule has 2 rings (SSSR count). The summed E-state index contributed by atoms with van der Waals surface area (Å²) in [4.78, 5) is 0. The number of nitrogens with two attached hydrogens (primary N) is 1. The minimum atomic E-state index is -3.40. The van der Waals surface area contributed by atoms with Crippen LogP contribution < -0.4 is 5.73 Å². The normalized spacial score (nSPS) is 11.4. The number of sulfone groups is 1. The average Bonchev–Trinajstić information content (AvgIpc) is 2.33. The molecule has 0 bridgehead atoms. The quantitative estimate of drug-likeness (QED) is 0.875. The molecule has 2 aromatic rings. The van der Waals surface area contributed by atoms with Gasteiger partial charge in [0.05, 0.1) is 11.5 Å². The van der Waals surface area contributed by atoms with Gasteiger partial charge >= 0.3 is 0 Å². The van der Waals surface area contributed by atoms with E-state index in [0.717, 1.165) is 6.07 Å². The maximum Gasteiger partial charge on any atom is 0.158 e. The first kappa shape index (κ1) is 13.5. The van der Waals surface area contributed by atoms with E-state index in [2.05, 4.69) is 0 Å². The van der Waals surface area contributed by atoms with Gasteiger partial charge in [0.15, 0.2) is 9.84 Å². The minimum absolute atomic E-state index is 0.0995. The lowest BCUT2D eigenvalue weighted by Crippen LogP contribution is -2.09. The smallest absolute Gasteiger partial charge is 0.158 e. The van der Waals surface area contributed by atoms with Crippen molar-refractivity contribution in [1.29, 1.82) is 0 Å². The van der Waals surface area contributed by atoms with Crippen molar-refractivity contribution < 1.29 is 12.8 Å². The molecule has 0 aliphatic heterocycles. The summed E-state index contributed by atoms with van der Waals surface area (Å²) >= 11 is 0. The number of hydrogen-bond donors (Lipinski definition) is 1. The predicted octanol–water partition coefficient (Wildman–Crippen LogP) is 2.52. The lowest BCUT2D eigenvalue weighted by molar-refractivity contribution is 0.586. The van der Waals surface area contributed by atoms with Crippen molar-refractivity contribution in [3.05, 3.63) is 65.5 Å². The van der Waals surface area contributed by atoms with Crippen LogP contribution in [-0.2, 0) is 21.3 Å². The highest BCUT2D eigenvalue weighted by molar-refractivity contribution is 7.89. The summed E-state index contributed by atoms with van der Waals surface area (Å²) in [6.07, 6.45) is 0. The molecule has 0 fully saturated rings. The summed E-state index contributed by atoms with van der Waals surface area (Å²) < 4.78 is 37.6. The third-order valence-electron chi connectivity index (χ3n) is 2.68. The average molecular weight is 279 g/mol. The van der Waals surface area contributed by atoms with E-state index in [4.69, 9.17) is 5.73 Å². The van der Waals surface area contributed by atoms with Crippen LogP contribution in [0.2, 0.25) is 0 Å². The van der Waals surface area contributed by atoms with E-state index in [1.54, 1.807) is 24.3 Å². The summed E-state index contributed by atoms with van der Waals surface area (Å²) in [6.45, 7) is 0. The highest BCUT2D eigenvalue weighted by Gasteiger charge is 2.15. The van der Waals surface area contributed by atoms with E-state index >= 15 is 0 Å². The monoisotopic (exact) mass is 279 g/mol. The van der Waals surface area contributed by atoms with Crippen molar-refractivity contribution in [2.24, 2.45) is 0 Å². The Morgan fingerprint density at radius 2 is 1.68 bits per heavy atom. The molecule has 0 spiro atoms. The van der Waals surface area contributed by atoms with Gasteiger partial charge in [-0.1, -0.05) is 36.4 Å². The maximum atomic E-state index is 13.6. The van der Waals surface area contributed by atoms with Gasteiger partial charge in [0.2, 0.25) is 0 Å². The zero-order valence-electron chi connectivity index (χ0n) is 10.2. The molecular formula is C14H14FNO2S. The van der Waals surface area contributed by atoms with Crippen molar-refractivity contribution in [2.45, 2.75) is 11.5 Å². The van der Waals surface area contributed by atoms with Crippen LogP contribution in [0.4, 0.5) is 10.1 Å². The van der Waals surface area contributed by atoms with Gasteiger partial charge in [-0.3, -0.25) is 0 Å².